The lowest BCUT2D eigenvalue weighted by Crippen LogP contribution is -2.49. The number of H-pyrrole nitrogens is 1. The van der Waals surface area contributed by atoms with E-state index in [1.54, 1.807) is 12.1 Å². The highest BCUT2D eigenvalue weighted by Gasteiger charge is 2.47. The standard InChI is InChI=1S/C21H31N3O3/c1-24(4-5-25)12-17-2-3-18(21(27)23-17)20(26)22-11-19-15-7-13-6-14(9-15)10-16(19)8-13/h2-3,13-16,19,25H,4-12H2,1H3,(H,22,26)(H,23,27). The van der Waals surface area contributed by atoms with Crippen LogP contribution in [0, 0.1) is 29.6 Å². The normalized spacial score (nSPS) is 31.4. The number of aromatic nitrogens is 1. The Morgan fingerprint density at radius 3 is 2.44 bits per heavy atom. The van der Waals surface area contributed by atoms with Gasteiger partial charge in [-0.2, -0.15) is 0 Å². The first-order valence-electron chi connectivity index (χ1n) is 10.3. The van der Waals surface area contributed by atoms with E-state index in [1.165, 1.54) is 32.1 Å². The number of aliphatic hydroxyl groups is 1. The summed E-state index contributed by atoms with van der Waals surface area (Å²) in [6, 6.07) is 3.40. The smallest absolute Gasteiger partial charge is 0.261 e. The van der Waals surface area contributed by atoms with Crippen molar-refractivity contribution in [3.8, 4) is 0 Å². The summed E-state index contributed by atoms with van der Waals surface area (Å²) in [5.74, 6) is 3.72. The fourth-order valence-corrected chi connectivity index (χ4v) is 6.00. The van der Waals surface area contributed by atoms with Crippen molar-refractivity contribution in [1.29, 1.82) is 0 Å². The summed E-state index contributed by atoms with van der Waals surface area (Å²) in [5.41, 5.74) is 0.591. The third kappa shape index (κ3) is 3.97. The Kier molecular flexibility index (Phi) is 5.37. The molecule has 0 radical (unpaired) electrons. The molecule has 3 N–H and O–H groups in total. The minimum absolute atomic E-state index is 0.0753. The van der Waals surface area contributed by atoms with Crippen LogP contribution in [0.2, 0.25) is 0 Å². The predicted molar refractivity (Wildman–Crippen MR) is 103 cm³/mol. The number of aromatic amines is 1. The molecular formula is C21H31N3O3. The van der Waals surface area contributed by atoms with Crippen LogP contribution < -0.4 is 10.9 Å². The van der Waals surface area contributed by atoms with Crippen molar-refractivity contribution in [2.45, 2.75) is 38.6 Å². The van der Waals surface area contributed by atoms with Crippen molar-refractivity contribution in [3.63, 3.8) is 0 Å². The third-order valence-electron chi connectivity index (χ3n) is 7.06. The number of hydrogen-bond donors (Lipinski definition) is 3. The summed E-state index contributed by atoms with van der Waals surface area (Å²) >= 11 is 0. The van der Waals surface area contributed by atoms with Gasteiger partial charge in [0.15, 0.2) is 0 Å². The van der Waals surface area contributed by atoms with Crippen LogP contribution in [-0.4, -0.2) is 47.6 Å². The zero-order valence-electron chi connectivity index (χ0n) is 16.1. The number of carbonyl (C=O) groups is 1. The highest BCUT2D eigenvalue weighted by Crippen LogP contribution is 2.56. The first-order chi connectivity index (χ1) is 13.0. The second-order valence-electron chi connectivity index (χ2n) is 8.99. The van der Waals surface area contributed by atoms with Gasteiger partial charge in [-0.1, -0.05) is 0 Å². The minimum Gasteiger partial charge on any atom is -0.395 e. The molecule has 0 aromatic carbocycles. The molecule has 4 bridgehead atoms. The SMILES string of the molecule is CN(CCO)Cc1ccc(C(=O)NCC2C3CC4CC(C3)CC2C4)c(=O)[nH]1. The molecule has 0 saturated heterocycles. The lowest BCUT2D eigenvalue weighted by molar-refractivity contribution is -0.0347. The molecule has 4 saturated carbocycles. The number of aliphatic hydroxyl groups excluding tert-OH is 1. The Morgan fingerprint density at radius 2 is 1.85 bits per heavy atom. The maximum atomic E-state index is 12.6. The van der Waals surface area contributed by atoms with Gasteiger partial charge in [0, 0.05) is 25.3 Å². The largest absolute Gasteiger partial charge is 0.395 e. The van der Waals surface area contributed by atoms with Crippen LogP contribution >= 0.6 is 0 Å². The summed E-state index contributed by atoms with van der Waals surface area (Å²) in [7, 11) is 1.88. The van der Waals surface area contributed by atoms with Crippen LogP contribution in [0.25, 0.3) is 0 Å². The molecule has 6 heteroatoms. The number of pyridine rings is 1. The van der Waals surface area contributed by atoms with Gasteiger partial charge in [-0.05, 0) is 80.9 Å². The molecule has 0 spiro atoms. The molecule has 4 aliphatic carbocycles. The van der Waals surface area contributed by atoms with Crippen LogP contribution in [0.15, 0.2) is 16.9 Å². The number of rotatable bonds is 7. The predicted octanol–water partition coefficient (Wildman–Crippen LogP) is 1.60. The summed E-state index contributed by atoms with van der Waals surface area (Å²) < 4.78 is 0. The summed E-state index contributed by atoms with van der Waals surface area (Å²) in [4.78, 5) is 29.6. The molecular weight excluding hydrogens is 342 g/mol. The fraction of sp³-hybridized carbons (Fsp3) is 0.714. The maximum Gasteiger partial charge on any atom is 0.261 e. The van der Waals surface area contributed by atoms with Crippen molar-refractivity contribution in [2.75, 3.05) is 26.7 Å². The summed E-state index contributed by atoms with van der Waals surface area (Å²) in [5, 5.41) is 12.0. The van der Waals surface area contributed by atoms with E-state index in [4.69, 9.17) is 5.11 Å². The molecule has 0 atom stereocenters. The molecule has 1 amide bonds. The molecule has 1 aromatic rings. The zero-order chi connectivity index (χ0) is 19.0. The van der Waals surface area contributed by atoms with Gasteiger partial charge in [0.05, 0.1) is 6.61 Å². The van der Waals surface area contributed by atoms with Crippen molar-refractivity contribution >= 4 is 5.91 Å². The van der Waals surface area contributed by atoms with E-state index in [-0.39, 0.29) is 23.6 Å². The number of carbonyl (C=O) groups excluding carboxylic acids is 1. The minimum atomic E-state index is -0.340. The summed E-state index contributed by atoms with van der Waals surface area (Å²) in [6.07, 6.45) is 6.78. The quantitative estimate of drug-likeness (QED) is 0.678. The van der Waals surface area contributed by atoms with Crippen molar-refractivity contribution in [3.05, 3.63) is 33.7 Å². The average Bonchev–Trinajstić information content (AvgIpc) is 2.60. The molecule has 0 unspecified atom stereocenters. The van der Waals surface area contributed by atoms with Crippen molar-refractivity contribution in [1.82, 2.24) is 15.2 Å². The second kappa shape index (κ2) is 7.76. The van der Waals surface area contributed by atoms with Gasteiger partial charge in [0.1, 0.15) is 5.56 Å². The number of hydrogen-bond acceptors (Lipinski definition) is 4. The molecule has 27 heavy (non-hydrogen) atoms. The first kappa shape index (κ1) is 18.7. The number of likely N-dealkylation sites (N-methyl/N-ethyl adjacent to an activating group) is 1. The Bertz CT molecular complexity index is 716. The maximum absolute atomic E-state index is 12.6. The van der Waals surface area contributed by atoms with E-state index in [9.17, 15) is 9.59 Å². The van der Waals surface area contributed by atoms with Crippen LogP contribution in [0.4, 0.5) is 0 Å². The topological polar surface area (TPSA) is 85.4 Å². The van der Waals surface area contributed by atoms with Gasteiger partial charge in [-0.15, -0.1) is 0 Å². The molecule has 6 nitrogen and oxygen atoms in total. The Hall–Kier alpha value is -1.66. The van der Waals surface area contributed by atoms with E-state index in [1.807, 2.05) is 11.9 Å². The number of nitrogens with one attached hydrogen (secondary N) is 2. The van der Waals surface area contributed by atoms with E-state index >= 15 is 0 Å². The molecule has 5 rings (SSSR count). The molecule has 0 aliphatic heterocycles. The van der Waals surface area contributed by atoms with E-state index in [0.717, 1.165) is 29.4 Å². The highest BCUT2D eigenvalue weighted by atomic mass is 16.3. The fourth-order valence-electron chi connectivity index (χ4n) is 6.00. The van der Waals surface area contributed by atoms with Crippen LogP contribution in [0.5, 0.6) is 0 Å². The Balaban J connectivity index is 1.35. The van der Waals surface area contributed by atoms with Crippen LogP contribution in [-0.2, 0) is 6.54 Å². The zero-order valence-corrected chi connectivity index (χ0v) is 16.1. The molecule has 4 fully saturated rings. The number of amides is 1. The molecule has 1 heterocycles. The molecule has 148 valence electrons. The Morgan fingerprint density at radius 1 is 1.19 bits per heavy atom. The lowest BCUT2D eigenvalue weighted by atomic mass is 9.52. The van der Waals surface area contributed by atoms with Crippen molar-refractivity contribution in [2.24, 2.45) is 29.6 Å². The van der Waals surface area contributed by atoms with Gasteiger partial charge >= 0.3 is 0 Å². The van der Waals surface area contributed by atoms with Crippen LogP contribution in [0.3, 0.4) is 0 Å². The van der Waals surface area contributed by atoms with Gasteiger partial charge < -0.3 is 15.4 Å². The van der Waals surface area contributed by atoms with E-state index in [0.29, 0.717) is 25.6 Å². The van der Waals surface area contributed by atoms with Gasteiger partial charge in [0.25, 0.3) is 11.5 Å². The second-order valence-corrected chi connectivity index (χ2v) is 8.99. The highest BCUT2D eigenvalue weighted by molar-refractivity contribution is 5.93. The monoisotopic (exact) mass is 373 g/mol. The average molecular weight is 373 g/mol. The first-order valence-corrected chi connectivity index (χ1v) is 10.3. The molecule has 1 aromatic heterocycles. The molecule has 4 aliphatic rings. The van der Waals surface area contributed by atoms with Gasteiger partial charge in [-0.25, -0.2) is 0 Å². The lowest BCUT2D eigenvalue weighted by Gasteiger charge is -2.54. The third-order valence-corrected chi connectivity index (χ3v) is 7.06. The van der Waals surface area contributed by atoms with Crippen LogP contribution in [0.1, 0.15) is 48.2 Å². The van der Waals surface area contributed by atoms with Crippen molar-refractivity contribution < 1.29 is 9.90 Å². The van der Waals surface area contributed by atoms with Gasteiger partial charge in [0.2, 0.25) is 0 Å². The van der Waals surface area contributed by atoms with E-state index < -0.39 is 0 Å². The Labute approximate surface area is 160 Å². The van der Waals surface area contributed by atoms with Gasteiger partial charge in [-0.3, -0.25) is 14.5 Å². The number of nitrogens with zero attached hydrogens (tertiary/aromatic N) is 1. The van der Waals surface area contributed by atoms with E-state index in [2.05, 4.69) is 10.3 Å². The summed E-state index contributed by atoms with van der Waals surface area (Å²) in [6.45, 7) is 1.85.